The number of para-hydroxylation sites is 1. The van der Waals surface area contributed by atoms with Gasteiger partial charge in [-0.25, -0.2) is 4.98 Å². The molecule has 0 aliphatic heterocycles. The Morgan fingerprint density at radius 1 is 1.17 bits per heavy atom. The summed E-state index contributed by atoms with van der Waals surface area (Å²) < 4.78 is 5.50. The zero-order valence-electron chi connectivity index (χ0n) is 12.7. The van der Waals surface area contributed by atoms with E-state index in [1.807, 2.05) is 48.7 Å². The van der Waals surface area contributed by atoms with Crippen LogP contribution in [0.2, 0.25) is 0 Å². The third-order valence-electron chi connectivity index (χ3n) is 3.25. The van der Waals surface area contributed by atoms with Crippen LogP contribution in [-0.2, 0) is 0 Å². The van der Waals surface area contributed by atoms with Crippen LogP contribution in [0.3, 0.4) is 0 Å². The highest BCUT2D eigenvalue weighted by molar-refractivity contribution is 7.13. The van der Waals surface area contributed by atoms with Gasteiger partial charge in [0.2, 0.25) is 0 Å². The number of ether oxygens (including phenoxy) is 1. The molecule has 0 unspecified atom stereocenters. The normalized spacial score (nSPS) is 10.3. The zero-order valence-corrected chi connectivity index (χ0v) is 13.5. The van der Waals surface area contributed by atoms with E-state index >= 15 is 0 Å². The van der Waals surface area contributed by atoms with Gasteiger partial charge in [-0.05, 0) is 43.3 Å². The minimum Gasteiger partial charge on any atom is -0.493 e. The lowest BCUT2D eigenvalue weighted by atomic mass is 10.1. The quantitative estimate of drug-likeness (QED) is 0.754. The van der Waals surface area contributed by atoms with Crippen LogP contribution in [0.5, 0.6) is 5.75 Å². The molecular weight excluding hydrogens is 308 g/mol. The summed E-state index contributed by atoms with van der Waals surface area (Å²) in [5.41, 5.74) is 2.30. The Labute approximate surface area is 138 Å². The lowest BCUT2D eigenvalue weighted by Crippen LogP contribution is -2.13. The average Bonchev–Trinajstić information content (AvgIpc) is 3.11. The monoisotopic (exact) mass is 324 g/mol. The summed E-state index contributed by atoms with van der Waals surface area (Å²) in [5.74, 6) is 0.406. The second-order valence-corrected chi connectivity index (χ2v) is 5.69. The highest BCUT2D eigenvalue weighted by Crippen LogP contribution is 2.24. The van der Waals surface area contributed by atoms with Gasteiger partial charge in [-0.2, -0.15) is 0 Å². The number of aromatic nitrogens is 1. The van der Waals surface area contributed by atoms with Crippen LogP contribution in [0.1, 0.15) is 17.3 Å². The number of anilines is 1. The Hall–Kier alpha value is -2.66. The molecule has 0 aliphatic rings. The molecule has 0 fully saturated rings. The van der Waals surface area contributed by atoms with Gasteiger partial charge in [-0.15, -0.1) is 11.3 Å². The van der Waals surface area contributed by atoms with Crippen LogP contribution in [0.4, 0.5) is 5.69 Å². The molecule has 3 aromatic rings. The summed E-state index contributed by atoms with van der Waals surface area (Å²) >= 11 is 1.59. The van der Waals surface area contributed by atoms with Crippen molar-refractivity contribution >= 4 is 22.9 Å². The largest absolute Gasteiger partial charge is 0.493 e. The van der Waals surface area contributed by atoms with Gasteiger partial charge in [0, 0.05) is 22.8 Å². The van der Waals surface area contributed by atoms with Gasteiger partial charge >= 0.3 is 0 Å². The van der Waals surface area contributed by atoms with Crippen LogP contribution < -0.4 is 10.1 Å². The van der Waals surface area contributed by atoms with Crippen molar-refractivity contribution in [3.63, 3.8) is 0 Å². The molecule has 0 saturated carbocycles. The molecule has 1 aromatic heterocycles. The molecule has 4 nitrogen and oxygen atoms in total. The van der Waals surface area contributed by atoms with Crippen LogP contribution in [0, 0.1) is 0 Å². The second kappa shape index (κ2) is 7.07. The second-order valence-electron chi connectivity index (χ2n) is 4.80. The van der Waals surface area contributed by atoms with E-state index in [9.17, 15) is 4.79 Å². The van der Waals surface area contributed by atoms with Crippen molar-refractivity contribution in [3.05, 3.63) is 65.7 Å². The number of amides is 1. The minimum absolute atomic E-state index is 0.184. The number of nitrogens with one attached hydrogen (secondary N) is 1. The van der Waals surface area contributed by atoms with Gasteiger partial charge in [0.1, 0.15) is 10.8 Å². The third kappa shape index (κ3) is 3.57. The van der Waals surface area contributed by atoms with E-state index in [0.717, 1.165) is 16.3 Å². The van der Waals surface area contributed by atoms with E-state index < -0.39 is 0 Å². The smallest absolute Gasteiger partial charge is 0.259 e. The molecule has 1 heterocycles. The van der Waals surface area contributed by atoms with E-state index in [4.69, 9.17) is 4.74 Å². The van der Waals surface area contributed by atoms with E-state index in [0.29, 0.717) is 17.9 Å². The molecule has 0 bridgehead atoms. The molecular formula is C18H16N2O2S. The van der Waals surface area contributed by atoms with Crippen molar-refractivity contribution in [2.45, 2.75) is 6.92 Å². The first-order chi connectivity index (χ1) is 11.3. The minimum atomic E-state index is -0.184. The van der Waals surface area contributed by atoms with Crippen molar-refractivity contribution < 1.29 is 9.53 Å². The van der Waals surface area contributed by atoms with Gasteiger partial charge in [0.05, 0.1) is 12.2 Å². The predicted octanol–water partition coefficient (Wildman–Crippen LogP) is 4.46. The molecule has 116 valence electrons. The van der Waals surface area contributed by atoms with Gasteiger partial charge in [-0.1, -0.05) is 12.1 Å². The average molecular weight is 324 g/mol. The number of carbonyl (C=O) groups excluding carboxylic acids is 1. The number of hydrogen-bond acceptors (Lipinski definition) is 4. The van der Waals surface area contributed by atoms with Crippen molar-refractivity contribution in [2.24, 2.45) is 0 Å². The van der Waals surface area contributed by atoms with Crippen molar-refractivity contribution in [2.75, 3.05) is 11.9 Å². The first-order valence-corrected chi connectivity index (χ1v) is 8.19. The molecule has 0 atom stereocenters. The SMILES string of the molecule is CCOc1ccccc1C(=O)Nc1ccc(-c2nccs2)cc1. The van der Waals surface area contributed by atoms with Crippen molar-refractivity contribution in [1.29, 1.82) is 0 Å². The van der Waals surface area contributed by atoms with Crippen LogP contribution in [0.25, 0.3) is 10.6 Å². The molecule has 23 heavy (non-hydrogen) atoms. The topological polar surface area (TPSA) is 51.2 Å². The molecule has 0 aliphatic carbocycles. The molecule has 1 amide bonds. The molecule has 3 rings (SSSR count). The van der Waals surface area contributed by atoms with E-state index in [2.05, 4.69) is 10.3 Å². The van der Waals surface area contributed by atoms with Crippen LogP contribution in [-0.4, -0.2) is 17.5 Å². The number of carbonyl (C=O) groups is 1. The Kier molecular flexibility index (Phi) is 4.68. The molecule has 0 spiro atoms. The summed E-state index contributed by atoms with van der Waals surface area (Å²) in [5, 5.41) is 5.80. The fraction of sp³-hybridized carbons (Fsp3) is 0.111. The van der Waals surface area contributed by atoms with E-state index in [1.165, 1.54) is 0 Å². The maximum atomic E-state index is 12.4. The predicted molar refractivity (Wildman–Crippen MR) is 93.1 cm³/mol. The van der Waals surface area contributed by atoms with Crippen molar-refractivity contribution in [3.8, 4) is 16.3 Å². The molecule has 5 heteroatoms. The van der Waals surface area contributed by atoms with Gasteiger partial charge < -0.3 is 10.1 Å². The van der Waals surface area contributed by atoms with E-state index in [-0.39, 0.29) is 5.91 Å². The van der Waals surface area contributed by atoms with E-state index in [1.54, 1.807) is 29.7 Å². The van der Waals surface area contributed by atoms with Gasteiger partial charge in [-0.3, -0.25) is 4.79 Å². The standard InChI is InChI=1S/C18H16N2O2S/c1-2-22-16-6-4-3-5-15(16)17(21)20-14-9-7-13(8-10-14)18-19-11-12-23-18/h3-12H,2H2,1H3,(H,20,21). The Balaban J connectivity index is 1.75. The highest BCUT2D eigenvalue weighted by atomic mass is 32.1. The maximum Gasteiger partial charge on any atom is 0.259 e. The Bertz CT molecular complexity index is 783. The molecule has 0 saturated heterocycles. The maximum absolute atomic E-state index is 12.4. The molecule has 0 radical (unpaired) electrons. The van der Waals surface area contributed by atoms with Gasteiger partial charge in [0.25, 0.3) is 5.91 Å². The van der Waals surface area contributed by atoms with Crippen LogP contribution >= 0.6 is 11.3 Å². The van der Waals surface area contributed by atoms with Gasteiger partial charge in [0.15, 0.2) is 0 Å². The lowest BCUT2D eigenvalue weighted by Gasteiger charge is -2.10. The number of benzene rings is 2. The first-order valence-electron chi connectivity index (χ1n) is 7.31. The fourth-order valence-corrected chi connectivity index (χ4v) is 2.84. The number of hydrogen-bond donors (Lipinski definition) is 1. The summed E-state index contributed by atoms with van der Waals surface area (Å²) in [6.45, 7) is 2.42. The Morgan fingerprint density at radius 2 is 1.96 bits per heavy atom. The number of thiazole rings is 1. The van der Waals surface area contributed by atoms with Crippen molar-refractivity contribution in [1.82, 2.24) is 4.98 Å². The summed E-state index contributed by atoms with van der Waals surface area (Å²) in [6, 6.07) is 14.9. The third-order valence-corrected chi connectivity index (χ3v) is 4.08. The Morgan fingerprint density at radius 3 is 2.65 bits per heavy atom. The summed E-state index contributed by atoms with van der Waals surface area (Å²) in [7, 11) is 0. The lowest BCUT2D eigenvalue weighted by molar-refractivity contribution is 0.102. The molecule has 2 aromatic carbocycles. The highest BCUT2D eigenvalue weighted by Gasteiger charge is 2.12. The fourth-order valence-electron chi connectivity index (χ4n) is 2.20. The first kappa shape index (κ1) is 15.2. The summed E-state index contributed by atoms with van der Waals surface area (Å²) in [6.07, 6.45) is 1.78. The zero-order chi connectivity index (χ0) is 16.1. The number of rotatable bonds is 5. The van der Waals surface area contributed by atoms with Crippen LogP contribution in [0.15, 0.2) is 60.1 Å². The number of nitrogens with zero attached hydrogens (tertiary/aromatic N) is 1. The summed E-state index contributed by atoms with van der Waals surface area (Å²) in [4.78, 5) is 16.7. The molecule has 1 N–H and O–H groups in total.